The van der Waals surface area contributed by atoms with Gasteiger partial charge in [0.05, 0.1) is 20.3 Å². The normalized spacial score (nSPS) is 12.8. The molecule has 0 aliphatic heterocycles. The number of benzene rings is 2. The first kappa shape index (κ1) is 20.6. The Bertz CT molecular complexity index is 748. The molecule has 0 fully saturated rings. The lowest BCUT2D eigenvalue weighted by molar-refractivity contribution is -0.128. The minimum atomic E-state index is -0.662. The average Bonchev–Trinajstić information content (AvgIpc) is 2.70. The molecule has 2 atom stereocenters. The predicted molar refractivity (Wildman–Crippen MR) is 102 cm³/mol. The van der Waals surface area contributed by atoms with Crippen LogP contribution in [-0.2, 0) is 4.79 Å². The number of amides is 1. The Morgan fingerprint density at radius 1 is 1.00 bits per heavy atom. The van der Waals surface area contributed by atoms with Gasteiger partial charge in [0.25, 0.3) is 5.91 Å². The first-order valence-corrected chi connectivity index (χ1v) is 8.96. The summed E-state index contributed by atoms with van der Waals surface area (Å²) < 4.78 is 29.3. The van der Waals surface area contributed by atoms with Crippen molar-refractivity contribution in [3.8, 4) is 17.2 Å². The van der Waals surface area contributed by atoms with Crippen LogP contribution < -0.4 is 19.5 Å². The summed E-state index contributed by atoms with van der Waals surface area (Å²) in [5.74, 6) is 1.13. The lowest BCUT2D eigenvalue weighted by atomic mass is 10.0. The van der Waals surface area contributed by atoms with Crippen molar-refractivity contribution in [2.75, 3.05) is 14.2 Å². The molecule has 0 saturated carbocycles. The zero-order chi connectivity index (χ0) is 19.8. The number of rotatable bonds is 9. The maximum Gasteiger partial charge on any atom is 0.261 e. The van der Waals surface area contributed by atoms with Crippen molar-refractivity contribution in [2.45, 2.75) is 38.8 Å². The fourth-order valence-electron chi connectivity index (χ4n) is 2.76. The number of carbonyl (C=O) groups excluding carboxylic acids is 1. The van der Waals surface area contributed by atoms with E-state index >= 15 is 0 Å². The van der Waals surface area contributed by atoms with Gasteiger partial charge in [-0.2, -0.15) is 0 Å². The number of ether oxygens (including phenoxy) is 3. The Labute approximate surface area is 159 Å². The zero-order valence-corrected chi connectivity index (χ0v) is 16.1. The molecule has 6 heteroatoms. The molecule has 0 bridgehead atoms. The van der Waals surface area contributed by atoms with E-state index in [1.165, 1.54) is 24.3 Å². The van der Waals surface area contributed by atoms with Crippen molar-refractivity contribution in [2.24, 2.45) is 0 Å². The molecular formula is C21H26FNO4. The van der Waals surface area contributed by atoms with Gasteiger partial charge in [-0.3, -0.25) is 4.79 Å². The largest absolute Gasteiger partial charge is 0.493 e. The van der Waals surface area contributed by atoms with Crippen LogP contribution in [0.3, 0.4) is 0 Å². The topological polar surface area (TPSA) is 56.8 Å². The third-order valence-corrected chi connectivity index (χ3v) is 4.29. The van der Waals surface area contributed by atoms with Crippen LogP contribution in [0.15, 0.2) is 42.5 Å². The molecule has 27 heavy (non-hydrogen) atoms. The Hall–Kier alpha value is -2.76. The van der Waals surface area contributed by atoms with Crippen molar-refractivity contribution in [1.82, 2.24) is 5.32 Å². The van der Waals surface area contributed by atoms with Crippen LogP contribution in [0.4, 0.5) is 4.39 Å². The summed E-state index contributed by atoms with van der Waals surface area (Å²) in [5, 5.41) is 3.02. The first-order chi connectivity index (χ1) is 13.0. The van der Waals surface area contributed by atoms with Crippen LogP contribution in [0, 0.1) is 5.82 Å². The van der Waals surface area contributed by atoms with E-state index in [1.54, 1.807) is 14.2 Å². The van der Waals surface area contributed by atoms with E-state index in [9.17, 15) is 9.18 Å². The maximum absolute atomic E-state index is 13.0. The number of halogens is 1. The molecule has 0 saturated heterocycles. The molecular weight excluding hydrogens is 349 g/mol. The fourth-order valence-corrected chi connectivity index (χ4v) is 2.76. The van der Waals surface area contributed by atoms with Crippen LogP contribution >= 0.6 is 0 Å². The van der Waals surface area contributed by atoms with Crippen molar-refractivity contribution in [1.29, 1.82) is 0 Å². The molecule has 0 spiro atoms. The van der Waals surface area contributed by atoms with Gasteiger partial charge in [0, 0.05) is 0 Å². The minimum Gasteiger partial charge on any atom is -0.493 e. The molecule has 0 aliphatic carbocycles. The minimum absolute atomic E-state index is 0.192. The number of carbonyl (C=O) groups is 1. The van der Waals surface area contributed by atoms with Crippen molar-refractivity contribution < 1.29 is 23.4 Å². The lowest BCUT2D eigenvalue weighted by Gasteiger charge is -2.23. The molecule has 2 aromatic rings. The van der Waals surface area contributed by atoms with Gasteiger partial charge in [0.2, 0.25) is 0 Å². The van der Waals surface area contributed by atoms with Gasteiger partial charge >= 0.3 is 0 Å². The van der Waals surface area contributed by atoms with Crippen LogP contribution in [-0.4, -0.2) is 26.2 Å². The van der Waals surface area contributed by atoms with Gasteiger partial charge in [0.15, 0.2) is 17.6 Å². The van der Waals surface area contributed by atoms with Crippen LogP contribution in [0.5, 0.6) is 17.2 Å². The molecule has 146 valence electrons. The molecule has 1 amide bonds. The first-order valence-electron chi connectivity index (χ1n) is 8.96. The molecule has 0 heterocycles. The molecule has 5 nitrogen and oxygen atoms in total. The van der Waals surface area contributed by atoms with E-state index in [4.69, 9.17) is 14.2 Å². The van der Waals surface area contributed by atoms with Crippen molar-refractivity contribution in [3.05, 3.63) is 53.8 Å². The van der Waals surface area contributed by atoms with Gasteiger partial charge in [-0.05, 0) is 54.8 Å². The number of hydrogen-bond donors (Lipinski definition) is 1. The summed E-state index contributed by atoms with van der Waals surface area (Å²) in [5.41, 5.74) is 0.917. The molecule has 0 aliphatic rings. The van der Waals surface area contributed by atoms with Crippen molar-refractivity contribution in [3.63, 3.8) is 0 Å². The maximum atomic E-state index is 13.0. The third kappa shape index (κ3) is 5.36. The number of nitrogens with one attached hydrogen (secondary N) is 1. The van der Waals surface area contributed by atoms with Crippen molar-refractivity contribution >= 4 is 5.91 Å². The monoisotopic (exact) mass is 375 g/mol. The van der Waals surface area contributed by atoms with Crippen LogP contribution in [0.2, 0.25) is 0 Å². The second-order valence-corrected chi connectivity index (χ2v) is 6.05. The highest BCUT2D eigenvalue weighted by atomic mass is 19.1. The zero-order valence-electron chi connectivity index (χ0n) is 16.1. The van der Waals surface area contributed by atoms with E-state index < -0.39 is 6.10 Å². The van der Waals surface area contributed by atoms with E-state index in [1.807, 2.05) is 32.0 Å². The fraction of sp³-hybridized carbons (Fsp3) is 0.381. The number of hydrogen-bond acceptors (Lipinski definition) is 4. The van der Waals surface area contributed by atoms with Crippen LogP contribution in [0.1, 0.15) is 38.3 Å². The summed E-state index contributed by atoms with van der Waals surface area (Å²) >= 11 is 0. The summed E-state index contributed by atoms with van der Waals surface area (Å²) in [6.07, 6.45) is 0.532. The smallest absolute Gasteiger partial charge is 0.261 e. The second-order valence-electron chi connectivity index (χ2n) is 6.05. The Morgan fingerprint density at radius 2 is 1.67 bits per heavy atom. The summed E-state index contributed by atoms with van der Waals surface area (Å²) in [6, 6.07) is 11.0. The van der Waals surface area contributed by atoms with E-state index in [2.05, 4.69) is 5.32 Å². The third-order valence-electron chi connectivity index (χ3n) is 4.29. The standard InChI is InChI=1S/C21H26FNO4/c1-5-17(14-7-12-19(25-3)20(13-14)26-4)23-21(24)18(6-2)27-16-10-8-15(22)9-11-16/h7-13,17-18H,5-6H2,1-4H3,(H,23,24). The average molecular weight is 375 g/mol. The molecule has 2 rings (SSSR count). The summed E-state index contributed by atoms with van der Waals surface area (Å²) in [7, 11) is 3.15. The van der Waals surface area contributed by atoms with E-state index in [0.717, 1.165) is 5.56 Å². The van der Waals surface area contributed by atoms with Gasteiger partial charge in [0.1, 0.15) is 11.6 Å². The Morgan fingerprint density at radius 3 is 2.22 bits per heavy atom. The quantitative estimate of drug-likeness (QED) is 0.711. The van der Waals surface area contributed by atoms with Gasteiger partial charge in [-0.15, -0.1) is 0 Å². The highest BCUT2D eigenvalue weighted by Gasteiger charge is 2.22. The lowest BCUT2D eigenvalue weighted by Crippen LogP contribution is -2.39. The highest BCUT2D eigenvalue weighted by molar-refractivity contribution is 5.81. The Balaban J connectivity index is 2.11. The van der Waals surface area contributed by atoms with Gasteiger partial charge in [-0.1, -0.05) is 19.9 Å². The van der Waals surface area contributed by atoms with E-state index in [-0.39, 0.29) is 17.8 Å². The van der Waals surface area contributed by atoms with Gasteiger partial charge in [-0.25, -0.2) is 4.39 Å². The van der Waals surface area contributed by atoms with E-state index in [0.29, 0.717) is 30.1 Å². The molecule has 0 radical (unpaired) electrons. The molecule has 0 aromatic heterocycles. The number of methoxy groups -OCH3 is 2. The predicted octanol–water partition coefficient (Wildman–Crippen LogP) is 4.27. The Kier molecular flexibility index (Phi) is 7.46. The summed E-state index contributed by atoms with van der Waals surface area (Å²) in [4.78, 5) is 12.7. The second kappa shape index (κ2) is 9.80. The van der Waals surface area contributed by atoms with Crippen LogP contribution in [0.25, 0.3) is 0 Å². The molecule has 2 unspecified atom stereocenters. The SMILES string of the molecule is CCC(Oc1ccc(F)cc1)C(=O)NC(CC)c1ccc(OC)c(OC)c1. The highest BCUT2D eigenvalue weighted by Crippen LogP contribution is 2.31. The molecule has 1 N–H and O–H groups in total. The molecule has 2 aromatic carbocycles. The van der Waals surface area contributed by atoms with Gasteiger partial charge < -0.3 is 19.5 Å². The summed E-state index contributed by atoms with van der Waals surface area (Å²) in [6.45, 7) is 3.86.